The highest BCUT2D eigenvalue weighted by molar-refractivity contribution is 5.79. The molecule has 0 radical (unpaired) electrons. The third kappa shape index (κ3) is 3.90. The molecular weight excluding hydrogens is 312 g/mol. The zero-order valence-corrected chi connectivity index (χ0v) is 14.3. The maximum absolute atomic E-state index is 12.1. The first kappa shape index (κ1) is 17.9. The molecular formula is C17H24N2O5. The van der Waals surface area contributed by atoms with E-state index in [1.165, 1.54) is 0 Å². The van der Waals surface area contributed by atoms with Crippen LogP contribution in [-0.4, -0.2) is 55.9 Å². The van der Waals surface area contributed by atoms with Crippen LogP contribution in [0.15, 0.2) is 18.2 Å². The second-order valence-electron chi connectivity index (χ2n) is 6.21. The van der Waals surface area contributed by atoms with E-state index in [2.05, 4.69) is 5.32 Å². The summed E-state index contributed by atoms with van der Waals surface area (Å²) in [6.45, 7) is 2.84. The molecule has 7 nitrogen and oxygen atoms in total. The monoisotopic (exact) mass is 336 g/mol. The molecule has 1 fully saturated rings. The van der Waals surface area contributed by atoms with Gasteiger partial charge in [0, 0.05) is 19.6 Å². The summed E-state index contributed by atoms with van der Waals surface area (Å²) in [6, 6.07) is 5.41. The minimum Gasteiger partial charge on any atom is -0.493 e. The van der Waals surface area contributed by atoms with Crippen molar-refractivity contribution < 1.29 is 24.2 Å². The molecule has 0 spiro atoms. The van der Waals surface area contributed by atoms with Crippen LogP contribution in [0.25, 0.3) is 0 Å². The number of benzene rings is 1. The maximum atomic E-state index is 12.1. The third-order valence-electron chi connectivity index (χ3n) is 4.41. The first-order valence-electron chi connectivity index (χ1n) is 7.86. The number of hydrogen-bond acceptors (Lipinski definition) is 4. The number of carbonyl (C=O) groups is 2. The fourth-order valence-electron chi connectivity index (χ4n) is 2.77. The van der Waals surface area contributed by atoms with Crippen molar-refractivity contribution in [3.8, 4) is 11.5 Å². The van der Waals surface area contributed by atoms with Gasteiger partial charge in [0.15, 0.2) is 11.5 Å². The summed E-state index contributed by atoms with van der Waals surface area (Å²) in [7, 11) is 3.16. The van der Waals surface area contributed by atoms with Crippen LogP contribution >= 0.6 is 0 Å². The van der Waals surface area contributed by atoms with Crippen LogP contribution < -0.4 is 14.8 Å². The highest BCUT2D eigenvalue weighted by Crippen LogP contribution is 2.30. The van der Waals surface area contributed by atoms with Crippen LogP contribution in [0, 0.1) is 5.41 Å². The molecule has 2 N–H and O–H groups in total. The third-order valence-corrected chi connectivity index (χ3v) is 4.41. The maximum Gasteiger partial charge on any atom is 0.317 e. The Morgan fingerprint density at radius 2 is 2.00 bits per heavy atom. The first-order chi connectivity index (χ1) is 11.4. The van der Waals surface area contributed by atoms with Gasteiger partial charge in [-0.2, -0.15) is 0 Å². The Bertz CT molecular complexity index is 619. The number of carboxylic acid groups (broad SMARTS) is 1. The lowest BCUT2D eigenvalue weighted by atomic mass is 9.90. The van der Waals surface area contributed by atoms with Crippen molar-refractivity contribution in [2.75, 3.05) is 33.9 Å². The summed E-state index contributed by atoms with van der Waals surface area (Å²) in [4.78, 5) is 24.9. The molecule has 0 aliphatic carbocycles. The van der Waals surface area contributed by atoms with E-state index in [0.717, 1.165) is 5.56 Å². The van der Waals surface area contributed by atoms with Crippen molar-refractivity contribution in [3.05, 3.63) is 23.8 Å². The van der Waals surface area contributed by atoms with Gasteiger partial charge in [-0.1, -0.05) is 6.07 Å². The van der Waals surface area contributed by atoms with E-state index in [4.69, 9.17) is 9.47 Å². The number of methoxy groups -OCH3 is 2. The predicted molar refractivity (Wildman–Crippen MR) is 88.6 cm³/mol. The quantitative estimate of drug-likeness (QED) is 0.826. The Labute approximate surface area is 141 Å². The lowest BCUT2D eigenvalue weighted by Gasteiger charge is -2.20. The van der Waals surface area contributed by atoms with Gasteiger partial charge in [0.2, 0.25) is 0 Å². The van der Waals surface area contributed by atoms with Crippen molar-refractivity contribution in [2.24, 2.45) is 5.41 Å². The lowest BCUT2D eigenvalue weighted by molar-refractivity contribution is -0.146. The minimum absolute atomic E-state index is 0.222. The molecule has 1 unspecified atom stereocenters. The van der Waals surface area contributed by atoms with E-state index in [9.17, 15) is 14.7 Å². The summed E-state index contributed by atoms with van der Waals surface area (Å²) in [5.41, 5.74) is 0.172. The number of rotatable bonds is 6. The zero-order chi connectivity index (χ0) is 17.7. The topological polar surface area (TPSA) is 88.1 Å². The molecule has 1 aliphatic rings. The number of carbonyl (C=O) groups excluding carboxylic acids is 1. The standard InChI is InChI=1S/C17H24N2O5/c1-17(15(20)21)7-9-19(11-17)16(22)18-8-6-12-4-5-13(23-2)14(10-12)24-3/h4-5,10H,6-9,11H2,1-3H3,(H,18,22)(H,20,21). The molecule has 0 bridgehead atoms. The van der Waals surface area contributed by atoms with Gasteiger partial charge in [0.1, 0.15) is 0 Å². The Morgan fingerprint density at radius 3 is 2.58 bits per heavy atom. The minimum atomic E-state index is -0.858. The number of likely N-dealkylation sites (tertiary alicyclic amines) is 1. The van der Waals surface area contributed by atoms with Crippen LogP contribution in [0.4, 0.5) is 4.79 Å². The van der Waals surface area contributed by atoms with Crippen LogP contribution in [0.3, 0.4) is 0 Å². The Morgan fingerprint density at radius 1 is 1.29 bits per heavy atom. The van der Waals surface area contributed by atoms with Gasteiger partial charge in [-0.3, -0.25) is 4.79 Å². The Kier molecular flexibility index (Phi) is 5.54. The number of amides is 2. The van der Waals surface area contributed by atoms with Crippen LogP contribution in [0.5, 0.6) is 11.5 Å². The van der Waals surface area contributed by atoms with Crippen LogP contribution in [0.2, 0.25) is 0 Å². The van der Waals surface area contributed by atoms with Gasteiger partial charge in [-0.05, 0) is 37.5 Å². The molecule has 1 saturated heterocycles. The molecule has 1 aromatic carbocycles. The van der Waals surface area contributed by atoms with Gasteiger partial charge in [0.25, 0.3) is 0 Å². The van der Waals surface area contributed by atoms with E-state index in [1.54, 1.807) is 26.0 Å². The van der Waals surface area contributed by atoms with E-state index >= 15 is 0 Å². The second-order valence-corrected chi connectivity index (χ2v) is 6.21. The summed E-state index contributed by atoms with van der Waals surface area (Å²) in [5, 5.41) is 12.0. The molecule has 132 valence electrons. The van der Waals surface area contributed by atoms with Crippen LogP contribution in [-0.2, 0) is 11.2 Å². The summed E-state index contributed by atoms with van der Waals surface area (Å²) in [6.07, 6.45) is 1.13. The SMILES string of the molecule is COc1ccc(CCNC(=O)N2CCC(C)(C(=O)O)C2)cc1OC. The molecule has 1 aromatic rings. The molecule has 7 heteroatoms. The molecule has 2 amide bonds. The number of ether oxygens (including phenoxy) is 2. The normalized spacial score (nSPS) is 19.9. The lowest BCUT2D eigenvalue weighted by Crippen LogP contribution is -2.41. The number of nitrogens with one attached hydrogen (secondary N) is 1. The van der Waals surface area contributed by atoms with Gasteiger partial charge in [-0.15, -0.1) is 0 Å². The van der Waals surface area contributed by atoms with E-state index < -0.39 is 11.4 Å². The van der Waals surface area contributed by atoms with Crippen molar-refractivity contribution in [3.63, 3.8) is 0 Å². The van der Waals surface area contributed by atoms with Crippen molar-refractivity contribution in [1.29, 1.82) is 0 Å². The predicted octanol–water partition coefficient (Wildman–Crippen LogP) is 1.75. The molecule has 2 rings (SSSR count). The van der Waals surface area contributed by atoms with Gasteiger partial charge in [-0.25, -0.2) is 4.79 Å². The average molecular weight is 336 g/mol. The molecule has 0 aromatic heterocycles. The summed E-state index contributed by atoms with van der Waals surface area (Å²) in [5.74, 6) is 0.455. The van der Waals surface area contributed by atoms with E-state index in [0.29, 0.717) is 37.4 Å². The molecule has 1 aliphatic heterocycles. The van der Waals surface area contributed by atoms with Gasteiger partial charge < -0.3 is 24.8 Å². The summed E-state index contributed by atoms with van der Waals surface area (Å²) < 4.78 is 10.4. The summed E-state index contributed by atoms with van der Waals surface area (Å²) >= 11 is 0. The highest BCUT2D eigenvalue weighted by atomic mass is 16.5. The Hall–Kier alpha value is -2.44. The fraction of sp³-hybridized carbons (Fsp3) is 0.529. The van der Waals surface area contributed by atoms with Crippen molar-refractivity contribution >= 4 is 12.0 Å². The molecule has 24 heavy (non-hydrogen) atoms. The fourth-order valence-corrected chi connectivity index (χ4v) is 2.77. The Balaban J connectivity index is 1.84. The van der Waals surface area contributed by atoms with Gasteiger partial charge >= 0.3 is 12.0 Å². The number of aliphatic carboxylic acids is 1. The van der Waals surface area contributed by atoms with E-state index in [1.807, 2.05) is 18.2 Å². The smallest absolute Gasteiger partial charge is 0.317 e. The first-order valence-corrected chi connectivity index (χ1v) is 7.86. The zero-order valence-electron chi connectivity index (χ0n) is 14.3. The average Bonchev–Trinajstić information content (AvgIpc) is 2.98. The molecule has 1 heterocycles. The number of nitrogens with zero attached hydrogens (tertiary/aromatic N) is 1. The van der Waals surface area contributed by atoms with Crippen molar-refractivity contribution in [1.82, 2.24) is 10.2 Å². The molecule has 1 atom stereocenters. The largest absolute Gasteiger partial charge is 0.493 e. The highest BCUT2D eigenvalue weighted by Gasteiger charge is 2.42. The number of hydrogen-bond donors (Lipinski definition) is 2. The van der Waals surface area contributed by atoms with Crippen LogP contribution in [0.1, 0.15) is 18.9 Å². The van der Waals surface area contributed by atoms with Crippen molar-refractivity contribution in [2.45, 2.75) is 19.8 Å². The number of urea groups is 1. The van der Waals surface area contributed by atoms with Gasteiger partial charge in [0.05, 0.1) is 19.6 Å². The number of carboxylic acids is 1. The molecule has 0 saturated carbocycles. The van der Waals surface area contributed by atoms with E-state index in [-0.39, 0.29) is 12.6 Å². The second kappa shape index (κ2) is 7.42.